The largest absolute Gasteiger partial charge is 0.512 e. The predicted molar refractivity (Wildman–Crippen MR) is 43.1 cm³/mol. The Morgan fingerprint density at radius 2 is 2.42 bits per heavy atom. The van der Waals surface area contributed by atoms with Gasteiger partial charge in [-0.1, -0.05) is 0 Å². The third-order valence-electron chi connectivity index (χ3n) is 1.75. The summed E-state index contributed by atoms with van der Waals surface area (Å²) in [5, 5.41) is 8.64. The van der Waals surface area contributed by atoms with E-state index >= 15 is 0 Å². The Labute approximate surface area is 69.6 Å². The van der Waals surface area contributed by atoms with E-state index in [0.29, 0.717) is 12.2 Å². The van der Waals surface area contributed by atoms with Crippen molar-refractivity contribution in [2.24, 2.45) is 0 Å². The number of furan rings is 1. The highest BCUT2D eigenvalue weighted by molar-refractivity contribution is 5.67. The van der Waals surface area contributed by atoms with Crippen LogP contribution in [0.3, 0.4) is 0 Å². The van der Waals surface area contributed by atoms with E-state index < -0.39 is 0 Å². The Balaban J connectivity index is 2.19. The van der Waals surface area contributed by atoms with Crippen LogP contribution in [-0.2, 0) is 4.74 Å². The second-order valence-electron chi connectivity index (χ2n) is 2.55. The number of hydrogen-bond donors (Lipinski definition) is 1. The van der Waals surface area contributed by atoms with Crippen molar-refractivity contribution in [3.8, 4) is 0 Å². The van der Waals surface area contributed by atoms with E-state index in [1.165, 1.54) is 0 Å². The average molecular weight is 164 g/mol. The third kappa shape index (κ3) is 1.09. The van der Waals surface area contributed by atoms with E-state index in [4.69, 9.17) is 14.3 Å². The van der Waals surface area contributed by atoms with Crippen molar-refractivity contribution >= 4 is 5.57 Å². The second-order valence-corrected chi connectivity index (χ2v) is 2.55. The number of ether oxygens (including phenoxy) is 1. The van der Waals surface area contributed by atoms with E-state index in [9.17, 15) is 0 Å². The quantitative estimate of drug-likeness (QED) is 0.648. The van der Waals surface area contributed by atoms with Crippen molar-refractivity contribution in [1.29, 1.82) is 0 Å². The van der Waals surface area contributed by atoms with Gasteiger partial charge in [-0.15, -0.1) is 0 Å². The summed E-state index contributed by atoms with van der Waals surface area (Å²) in [6.07, 6.45) is 6.47. The van der Waals surface area contributed by atoms with Crippen LogP contribution < -0.4 is 0 Å². The molecule has 0 saturated carbocycles. The molecule has 0 saturated heterocycles. The van der Waals surface area contributed by atoms with Gasteiger partial charge in [0.05, 0.1) is 18.8 Å². The van der Waals surface area contributed by atoms with Gasteiger partial charge in [0.1, 0.15) is 12.0 Å². The minimum atomic E-state index is 0.561. The van der Waals surface area contributed by atoms with Crippen molar-refractivity contribution in [3.05, 3.63) is 42.4 Å². The van der Waals surface area contributed by atoms with Crippen molar-refractivity contribution in [1.82, 2.24) is 0 Å². The molecule has 0 fully saturated rings. The number of hydrogen-bond acceptors (Lipinski definition) is 3. The Morgan fingerprint density at radius 1 is 1.50 bits per heavy atom. The molecule has 1 aliphatic rings. The highest BCUT2D eigenvalue weighted by Gasteiger charge is 2.13. The first-order valence-electron chi connectivity index (χ1n) is 3.61. The molecule has 0 amide bonds. The van der Waals surface area contributed by atoms with Crippen LogP contribution in [-0.4, -0.2) is 5.11 Å². The zero-order valence-electron chi connectivity index (χ0n) is 6.36. The lowest BCUT2D eigenvalue weighted by molar-refractivity contribution is 0.333. The lowest BCUT2D eigenvalue weighted by atomic mass is 10.1. The zero-order valence-corrected chi connectivity index (χ0v) is 6.36. The lowest BCUT2D eigenvalue weighted by Crippen LogP contribution is -1.78. The minimum absolute atomic E-state index is 0.561. The van der Waals surface area contributed by atoms with Crippen LogP contribution in [0.2, 0.25) is 0 Å². The summed E-state index contributed by atoms with van der Waals surface area (Å²) in [5.74, 6) is 0.561. The summed E-state index contributed by atoms with van der Waals surface area (Å²) < 4.78 is 9.96. The molecule has 0 atom stereocenters. The lowest BCUT2D eigenvalue weighted by Gasteiger charge is -1.92. The fourth-order valence-electron chi connectivity index (χ4n) is 1.11. The summed E-state index contributed by atoms with van der Waals surface area (Å²) in [4.78, 5) is 0. The molecular weight excluding hydrogens is 156 g/mol. The normalized spacial score (nSPS) is 19.3. The molecule has 1 aromatic heterocycles. The molecule has 1 N–H and O–H groups in total. The molecule has 0 radical (unpaired) electrons. The molecular formula is C9H8O3. The summed E-state index contributed by atoms with van der Waals surface area (Å²) in [5.41, 5.74) is 2.01. The molecule has 0 unspecified atom stereocenters. The number of allylic oxidation sites excluding steroid dienone is 1. The van der Waals surface area contributed by atoms with E-state index in [1.807, 2.05) is 6.07 Å². The van der Waals surface area contributed by atoms with Gasteiger partial charge in [0.2, 0.25) is 0 Å². The molecule has 0 aliphatic carbocycles. The molecule has 0 aromatic carbocycles. The molecule has 1 aliphatic heterocycles. The average Bonchev–Trinajstić information content (AvgIpc) is 2.75. The van der Waals surface area contributed by atoms with Crippen LogP contribution in [0.1, 0.15) is 12.0 Å². The van der Waals surface area contributed by atoms with Crippen molar-refractivity contribution < 1.29 is 14.3 Å². The van der Waals surface area contributed by atoms with Gasteiger partial charge < -0.3 is 14.3 Å². The van der Waals surface area contributed by atoms with Crippen LogP contribution in [0.25, 0.3) is 5.57 Å². The maximum Gasteiger partial charge on any atom is 0.142 e. The first kappa shape index (κ1) is 7.03. The third-order valence-corrected chi connectivity index (χ3v) is 1.75. The fourth-order valence-corrected chi connectivity index (χ4v) is 1.11. The van der Waals surface area contributed by atoms with Gasteiger partial charge in [0, 0.05) is 17.6 Å². The SMILES string of the molecule is OC=C1CC(c2ccoc2)=CO1. The Bertz CT molecular complexity index is 320. The first-order valence-corrected chi connectivity index (χ1v) is 3.61. The molecule has 2 rings (SSSR count). The summed E-state index contributed by atoms with van der Waals surface area (Å²) >= 11 is 0. The molecule has 2 heterocycles. The summed E-state index contributed by atoms with van der Waals surface area (Å²) in [6, 6.07) is 1.86. The molecule has 0 spiro atoms. The van der Waals surface area contributed by atoms with Crippen LogP contribution >= 0.6 is 0 Å². The monoisotopic (exact) mass is 164 g/mol. The van der Waals surface area contributed by atoms with Gasteiger partial charge in [-0.3, -0.25) is 0 Å². The van der Waals surface area contributed by atoms with Crippen molar-refractivity contribution in [2.75, 3.05) is 0 Å². The molecule has 1 aromatic rings. The van der Waals surface area contributed by atoms with Gasteiger partial charge >= 0.3 is 0 Å². The second kappa shape index (κ2) is 2.77. The Hall–Kier alpha value is -1.64. The minimum Gasteiger partial charge on any atom is -0.512 e. The van der Waals surface area contributed by atoms with Gasteiger partial charge in [-0.05, 0) is 6.07 Å². The van der Waals surface area contributed by atoms with Gasteiger partial charge in [-0.25, -0.2) is 0 Å². The molecule has 3 nitrogen and oxygen atoms in total. The van der Waals surface area contributed by atoms with E-state index in [2.05, 4.69) is 0 Å². The van der Waals surface area contributed by atoms with Gasteiger partial charge in [0.25, 0.3) is 0 Å². The van der Waals surface area contributed by atoms with Gasteiger partial charge in [0.15, 0.2) is 0 Å². The van der Waals surface area contributed by atoms with Crippen LogP contribution in [0.4, 0.5) is 0 Å². The molecule has 62 valence electrons. The highest BCUT2D eigenvalue weighted by atomic mass is 16.5. The van der Waals surface area contributed by atoms with Crippen LogP contribution in [0.15, 0.2) is 41.3 Å². The van der Waals surface area contributed by atoms with Crippen LogP contribution in [0, 0.1) is 0 Å². The van der Waals surface area contributed by atoms with E-state index in [-0.39, 0.29) is 0 Å². The summed E-state index contributed by atoms with van der Waals surface area (Å²) in [7, 11) is 0. The smallest absolute Gasteiger partial charge is 0.142 e. The fraction of sp³-hybridized carbons (Fsp3) is 0.111. The number of aliphatic hydroxyl groups excluding tert-OH is 1. The molecule has 0 bridgehead atoms. The molecule has 12 heavy (non-hydrogen) atoms. The van der Waals surface area contributed by atoms with Crippen molar-refractivity contribution in [2.45, 2.75) is 6.42 Å². The van der Waals surface area contributed by atoms with Gasteiger partial charge in [-0.2, -0.15) is 0 Å². The van der Waals surface area contributed by atoms with Crippen LogP contribution in [0.5, 0.6) is 0 Å². The van der Waals surface area contributed by atoms with Crippen molar-refractivity contribution in [3.63, 3.8) is 0 Å². The highest BCUT2D eigenvalue weighted by Crippen LogP contribution is 2.29. The topological polar surface area (TPSA) is 42.6 Å². The zero-order chi connectivity index (χ0) is 8.39. The van der Waals surface area contributed by atoms with E-state index in [1.54, 1.807) is 18.8 Å². The Kier molecular flexibility index (Phi) is 1.63. The maximum absolute atomic E-state index is 8.64. The number of aliphatic hydroxyl groups is 1. The summed E-state index contributed by atoms with van der Waals surface area (Å²) in [6.45, 7) is 0. The standard InChI is InChI=1S/C9H8O3/c10-4-9-3-8(6-12-9)7-1-2-11-5-7/h1-2,4-6,10H,3H2. The predicted octanol–water partition coefficient (Wildman–Crippen LogP) is 2.44. The maximum atomic E-state index is 8.64. The Morgan fingerprint density at radius 3 is 3.00 bits per heavy atom. The molecule has 3 heteroatoms. The van der Waals surface area contributed by atoms with E-state index in [0.717, 1.165) is 17.4 Å². The first-order chi connectivity index (χ1) is 5.90. The number of rotatable bonds is 1.